The second-order valence-electron chi connectivity index (χ2n) is 5.17. The molecule has 2 aromatic rings. The fourth-order valence-electron chi connectivity index (χ4n) is 2.06. The Bertz CT molecular complexity index is 622. The van der Waals surface area contributed by atoms with Crippen molar-refractivity contribution in [2.45, 2.75) is 19.9 Å². The molecule has 0 aliphatic rings. The molecule has 0 aliphatic heterocycles. The van der Waals surface area contributed by atoms with Crippen LogP contribution in [0.2, 0.25) is 0 Å². The highest BCUT2D eigenvalue weighted by Gasteiger charge is 2.10. The number of amides is 1. The minimum Gasteiger partial charge on any atom is -0.497 e. The number of carbonyl (C=O) groups excluding carboxylic acids is 1. The maximum absolute atomic E-state index is 12.0. The Morgan fingerprint density at radius 3 is 2.50 bits per heavy atom. The highest BCUT2D eigenvalue weighted by atomic mass is 16.5. The van der Waals surface area contributed by atoms with Crippen LogP contribution in [0.4, 0.5) is 0 Å². The van der Waals surface area contributed by atoms with E-state index in [2.05, 4.69) is 5.32 Å². The molecule has 0 spiro atoms. The van der Waals surface area contributed by atoms with Crippen LogP contribution in [0.1, 0.15) is 24.1 Å². The van der Waals surface area contributed by atoms with Gasteiger partial charge in [0.15, 0.2) is 6.61 Å². The highest BCUT2D eigenvalue weighted by Crippen LogP contribution is 2.19. The standard InChI is InChI=1S/C18H21NO3/c1-13-7-9-15(10-8-13)14(2)19-18(20)12-22-17-6-4-5-16(11-17)21-3/h4-11,14H,12H2,1-3H3,(H,19,20)/t14-/m0/s1. The Labute approximate surface area is 131 Å². The van der Waals surface area contributed by atoms with Crippen LogP contribution in [0.25, 0.3) is 0 Å². The largest absolute Gasteiger partial charge is 0.497 e. The second kappa shape index (κ2) is 7.50. The van der Waals surface area contributed by atoms with Crippen LogP contribution in [0.15, 0.2) is 48.5 Å². The lowest BCUT2D eigenvalue weighted by molar-refractivity contribution is -0.123. The number of carbonyl (C=O) groups is 1. The van der Waals surface area contributed by atoms with Crippen LogP contribution in [0.3, 0.4) is 0 Å². The molecule has 1 N–H and O–H groups in total. The van der Waals surface area contributed by atoms with E-state index < -0.39 is 0 Å². The van der Waals surface area contributed by atoms with Crippen LogP contribution in [-0.2, 0) is 4.79 Å². The zero-order valence-corrected chi connectivity index (χ0v) is 13.1. The topological polar surface area (TPSA) is 47.6 Å². The van der Waals surface area contributed by atoms with E-state index in [-0.39, 0.29) is 18.6 Å². The Hall–Kier alpha value is -2.49. The lowest BCUT2D eigenvalue weighted by Crippen LogP contribution is -2.31. The van der Waals surface area contributed by atoms with Crippen molar-refractivity contribution in [2.24, 2.45) is 0 Å². The molecule has 4 nitrogen and oxygen atoms in total. The molecular formula is C18H21NO3. The van der Waals surface area contributed by atoms with Gasteiger partial charge in [0, 0.05) is 6.07 Å². The van der Waals surface area contributed by atoms with Gasteiger partial charge in [0.2, 0.25) is 0 Å². The molecule has 1 amide bonds. The van der Waals surface area contributed by atoms with E-state index in [4.69, 9.17) is 9.47 Å². The molecule has 2 rings (SSSR count). The molecular weight excluding hydrogens is 278 g/mol. The van der Waals surface area contributed by atoms with Crippen molar-refractivity contribution in [3.05, 3.63) is 59.7 Å². The molecule has 0 aliphatic carbocycles. The van der Waals surface area contributed by atoms with Crippen molar-refractivity contribution in [1.29, 1.82) is 0 Å². The van der Waals surface area contributed by atoms with Crippen LogP contribution in [-0.4, -0.2) is 19.6 Å². The van der Waals surface area contributed by atoms with Gasteiger partial charge in [-0.15, -0.1) is 0 Å². The van der Waals surface area contributed by atoms with Crippen molar-refractivity contribution in [2.75, 3.05) is 13.7 Å². The predicted octanol–water partition coefficient (Wildman–Crippen LogP) is 3.26. The Kier molecular flexibility index (Phi) is 5.42. The van der Waals surface area contributed by atoms with Gasteiger partial charge in [0.25, 0.3) is 5.91 Å². The molecule has 1 atom stereocenters. The molecule has 0 aromatic heterocycles. The van der Waals surface area contributed by atoms with Gasteiger partial charge in [-0.25, -0.2) is 0 Å². The van der Waals surface area contributed by atoms with Crippen LogP contribution >= 0.6 is 0 Å². The first-order valence-electron chi connectivity index (χ1n) is 7.21. The predicted molar refractivity (Wildman–Crippen MR) is 86.2 cm³/mol. The van der Waals surface area contributed by atoms with Crippen molar-refractivity contribution < 1.29 is 14.3 Å². The lowest BCUT2D eigenvalue weighted by Gasteiger charge is -2.15. The smallest absolute Gasteiger partial charge is 0.258 e. The summed E-state index contributed by atoms with van der Waals surface area (Å²) in [4.78, 5) is 12.0. The van der Waals surface area contributed by atoms with E-state index in [9.17, 15) is 4.79 Å². The van der Waals surface area contributed by atoms with Crippen LogP contribution < -0.4 is 14.8 Å². The summed E-state index contributed by atoms with van der Waals surface area (Å²) < 4.78 is 10.6. The SMILES string of the molecule is COc1cccc(OCC(=O)N[C@@H](C)c2ccc(C)cc2)c1. The molecule has 0 heterocycles. The summed E-state index contributed by atoms with van der Waals surface area (Å²) in [5, 5.41) is 2.92. The molecule has 116 valence electrons. The van der Waals surface area contributed by atoms with E-state index in [1.165, 1.54) is 5.56 Å². The van der Waals surface area contributed by atoms with E-state index in [0.29, 0.717) is 11.5 Å². The average molecular weight is 299 g/mol. The molecule has 0 fully saturated rings. The summed E-state index contributed by atoms with van der Waals surface area (Å²) in [6.45, 7) is 3.96. The zero-order chi connectivity index (χ0) is 15.9. The molecule has 0 saturated carbocycles. The molecule has 0 unspecified atom stereocenters. The summed E-state index contributed by atoms with van der Waals surface area (Å²) in [5.74, 6) is 1.15. The highest BCUT2D eigenvalue weighted by molar-refractivity contribution is 5.78. The Morgan fingerprint density at radius 2 is 1.82 bits per heavy atom. The average Bonchev–Trinajstić information content (AvgIpc) is 2.53. The fraction of sp³-hybridized carbons (Fsp3) is 0.278. The maximum atomic E-state index is 12.0. The first kappa shape index (κ1) is 15.9. The third-order valence-corrected chi connectivity index (χ3v) is 3.37. The summed E-state index contributed by atoms with van der Waals surface area (Å²) in [6.07, 6.45) is 0. The van der Waals surface area contributed by atoms with Crippen molar-refractivity contribution in [1.82, 2.24) is 5.32 Å². The second-order valence-corrected chi connectivity index (χ2v) is 5.17. The van der Waals surface area contributed by atoms with Crippen LogP contribution in [0, 0.1) is 6.92 Å². The van der Waals surface area contributed by atoms with E-state index in [1.54, 1.807) is 19.2 Å². The van der Waals surface area contributed by atoms with Gasteiger partial charge in [0.1, 0.15) is 11.5 Å². The van der Waals surface area contributed by atoms with Gasteiger partial charge in [-0.3, -0.25) is 4.79 Å². The summed E-state index contributed by atoms with van der Waals surface area (Å²) in [7, 11) is 1.59. The number of hydrogen-bond donors (Lipinski definition) is 1. The maximum Gasteiger partial charge on any atom is 0.258 e. The number of benzene rings is 2. The van der Waals surface area contributed by atoms with Gasteiger partial charge in [-0.2, -0.15) is 0 Å². The van der Waals surface area contributed by atoms with Gasteiger partial charge < -0.3 is 14.8 Å². The molecule has 0 bridgehead atoms. The molecule has 22 heavy (non-hydrogen) atoms. The molecule has 2 aromatic carbocycles. The number of aryl methyl sites for hydroxylation is 1. The zero-order valence-electron chi connectivity index (χ0n) is 13.1. The number of nitrogens with one attached hydrogen (secondary N) is 1. The van der Waals surface area contributed by atoms with Crippen LogP contribution in [0.5, 0.6) is 11.5 Å². The first-order chi connectivity index (χ1) is 10.6. The number of hydrogen-bond acceptors (Lipinski definition) is 3. The number of ether oxygens (including phenoxy) is 2. The summed E-state index contributed by atoms with van der Waals surface area (Å²) in [5.41, 5.74) is 2.27. The van der Waals surface area contributed by atoms with Gasteiger partial charge in [-0.05, 0) is 31.5 Å². The summed E-state index contributed by atoms with van der Waals surface area (Å²) >= 11 is 0. The van der Waals surface area contributed by atoms with Crippen molar-refractivity contribution >= 4 is 5.91 Å². The Balaban J connectivity index is 1.85. The first-order valence-corrected chi connectivity index (χ1v) is 7.21. The third-order valence-electron chi connectivity index (χ3n) is 3.37. The fourth-order valence-corrected chi connectivity index (χ4v) is 2.06. The van der Waals surface area contributed by atoms with Gasteiger partial charge in [-0.1, -0.05) is 35.9 Å². The number of methoxy groups -OCH3 is 1. The van der Waals surface area contributed by atoms with Crippen molar-refractivity contribution in [3.63, 3.8) is 0 Å². The minimum atomic E-state index is -0.157. The summed E-state index contributed by atoms with van der Waals surface area (Å²) in [6, 6.07) is 15.2. The third kappa shape index (κ3) is 4.52. The molecule has 4 heteroatoms. The van der Waals surface area contributed by atoms with Gasteiger partial charge in [0.05, 0.1) is 13.2 Å². The van der Waals surface area contributed by atoms with E-state index in [1.807, 2.05) is 50.2 Å². The van der Waals surface area contributed by atoms with Crippen molar-refractivity contribution in [3.8, 4) is 11.5 Å². The molecule has 0 radical (unpaired) electrons. The lowest BCUT2D eigenvalue weighted by atomic mass is 10.1. The number of rotatable bonds is 6. The van der Waals surface area contributed by atoms with E-state index >= 15 is 0 Å². The Morgan fingerprint density at radius 1 is 1.14 bits per heavy atom. The molecule has 0 saturated heterocycles. The quantitative estimate of drug-likeness (QED) is 0.890. The normalized spacial score (nSPS) is 11.6. The monoisotopic (exact) mass is 299 g/mol. The minimum absolute atomic E-state index is 0.0244. The van der Waals surface area contributed by atoms with Gasteiger partial charge >= 0.3 is 0 Å². The van der Waals surface area contributed by atoms with E-state index in [0.717, 1.165) is 5.56 Å².